The van der Waals surface area contributed by atoms with Crippen molar-refractivity contribution in [3.8, 4) is 11.5 Å². The quantitative estimate of drug-likeness (QED) is 0.817. The van der Waals surface area contributed by atoms with E-state index in [-0.39, 0.29) is 5.91 Å². The molecule has 0 radical (unpaired) electrons. The van der Waals surface area contributed by atoms with Gasteiger partial charge in [0.2, 0.25) is 5.91 Å². The molecule has 4 rings (SSSR count). The Balaban J connectivity index is 1.36. The third-order valence-corrected chi connectivity index (χ3v) is 6.36. The summed E-state index contributed by atoms with van der Waals surface area (Å²) >= 11 is 0. The molecule has 1 atom stereocenters. The van der Waals surface area contributed by atoms with Gasteiger partial charge in [-0.3, -0.25) is 4.79 Å². The van der Waals surface area contributed by atoms with Crippen molar-refractivity contribution < 1.29 is 14.3 Å². The van der Waals surface area contributed by atoms with Crippen LogP contribution in [0.2, 0.25) is 0 Å². The Morgan fingerprint density at radius 1 is 1.03 bits per heavy atom. The van der Waals surface area contributed by atoms with Gasteiger partial charge in [-0.2, -0.15) is 0 Å². The van der Waals surface area contributed by atoms with Gasteiger partial charge < -0.3 is 19.7 Å². The number of benzene rings is 2. The van der Waals surface area contributed by atoms with E-state index in [1.165, 1.54) is 16.8 Å². The fourth-order valence-electron chi connectivity index (χ4n) is 4.67. The Bertz CT molecular complexity index is 859. The summed E-state index contributed by atoms with van der Waals surface area (Å²) in [6.45, 7) is 2.59. The first-order valence-corrected chi connectivity index (χ1v) is 10.5. The van der Waals surface area contributed by atoms with Crippen molar-refractivity contribution in [2.75, 3.05) is 39.2 Å². The summed E-state index contributed by atoms with van der Waals surface area (Å²) in [7, 11) is 3.32. The van der Waals surface area contributed by atoms with Crippen molar-refractivity contribution in [2.24, 2.45) is 0 Å². The van der Waals surface area contributed by atoms with Gasteiger partial charge >= 0.3 is 0 Å². The number of nitrogens with one attached hydrogen (secondary N) is 1. The van der Waals surface area contributed by atoms with Gasteiger partial charge in [0.15, 0.2) is 11.5 Å². The van der Waals surface area contributed by atoms with Crippen LogP contribution in [0, 0.1) is 0 Å². The summed E-state index contributed by atoms with van der Waals surface area (Å²) in [6.07, 6.45) is 3.61. The molecule has 2 aliphatic rings. The number of likely N-dealkylation sites (tertiary alicyclic amines) is 1. The molecule has 1 amide bonds. The Morgan fingerprint density at radius 3 is 2.55 bits per heavy atom. The fourth-order valence-corrected chi connectivity index (χ4v) is 4.67. The van der Waals surface area contributed by atoms with Crippen LogP contribution >= 0.6 is 0 Å². The normalized spacial score (nSPS) is 19.2. The number of methoxy groups -OCH3 is 2. The molecule has 5 nitrogen and oxygen atoms in total. The highest BCUT2D eigenvalue weighted by atomic mass is 16.5. The molecule has 1 fully saturated rings. The maximum absolute atomic E-state index is 13.0. The molecule has 2 heterocycles. The van der Waals surface area contributed by atoms with Crippen molar-refractivity contribution in [1.29, 1.82) is 0 Å². The average Bonchev–Trinajstić information content (AvgIpc) is 2.79. The maximum Gasteiger partial charge on any atom is 0.223 e. The molecule has 2 aromatic rings. The van der Waals surface area contributed by atoms with Crippen LogP contribution < -0.4 is 14.8 Å². The van der Waals surface area contributed by atoms with Crippen molar-refractivity contribution >= 4 is 11.6 Å². The van der Waals surface area contributed by atoms with Gasteiger partial charge in [0, 0.05) is 31.7 Å². The monoisotopic (exact) mass is 394 g/mol. The number of anilines is 1. The molecule has 0 spiro atoms. The number of carbonyl (C=O) groups excluding carboxylic acids is 1. The van der Waals surface area contributed by atoms with Crippen LogP contribution in [0.5, 0.6) is 11.5 Å². The number of nitrogens with zero attached hydrogens (tertiary/aromatic N) is 1. The number of piperidine rings is 1. The number of amides is 1. The molecule has 1 N–H and O–H groups in total. The first-order chi connectivity index (χ1) is 14.2. The van der Waals surface area contributed by atoms with E-state index in [0.717, 1.165) is 50.4 Å². The summed E-state index contributed by atoms with van der Waals surface area (Å²) in [5, 5.41) is 3.44. The zero-order valence-electron chi connectivity index (χ0n) is 17.3. The largest absolute Gasteiger partial charge is 0.493 e. The van der Waals surface area contributed by atoms with Gasteiger partial charge in [-0.25, -0.2) is 0 Å². The van der Waals surface area contributed by atoms with Crippen LogP contribution in [0.1, 0.15) is 48.6 Å². The molecule has 5 heteroatoms. The molecule has 2 aliphatic heterocycles. The molecule has 1 saturated heterocycles. The summed E-state index contributed by atoms with van der Waals surface area (Å²) in [6, 6.07) is 14.6. The minimum absolute atomic E-state index is 0.289. The molecule has 154 valence electrons. The van der Waals surface area contributed by atoms with E-state index in [2.05, 4.69) is 46.6 Å². The van der Waals surface area contributed by atoms with Crippen molar-refractivity contribution in [1.82, 2.24) is 4.90 Å². The van der Waals surface area contributed by atoms with E-state index in [0.29, 0.717) is 18.3 Å². The lowest BCUT2D eigenvalue weighted by molar-refractivity contribution is -0.132. The third kappa shape index (κ3) is 4.19. The maximum atomic E-state index is 13.0. The number of hydrogen-bond acceptors (Lipinski definition) is 4. The predicted octanol–water partition coefficient (Wildman–Crippen LogP) is 4.40. The highest BCUT2D eigenvalue weighted by molar-refractivity contribution is 5.78. The first kappa shape index (κ1) is 19.6. The standard InChI is InChI=1S/C24H30N2O3/c1-28-22-8-7-18(15-23(22)29-2)17-10-13-26(14-11-17)24(27)16-19-9-12-25-21-6-4-3-5-20(19)21/h3-8,15,17,19,25H,9-14,16H2,1-2H3. The topological polar surface area (TPSA) is 50.8 Å². The number of carbonyl (C=O) groups is 1. The Hall–Kier alpha value is -2.69. The number of hydrogen-bond donors (Lipinski definition) is 1. The second-order valence-electron chi connectivity index (χ2n) is 7.97. The zero-order chi connectivity index (χ0) is 20.2. The van der Waals surface area contributed by atoms with Gasteiger partial charge in [0.1, 0.15) is 0 Å². The van der Waals surface area contributed by atoms with Crippen LogP contribution in [-0.4, -0.2) is 44.7 Å². The van der Waals surface area contributed by atoms with Crippen molar-refractivity contribution in [3.05, 3.63) is 53.6 Å². The second-order valence-corrected chi connectivity index (χ2v) is 7.97. The number of para-hydroxylation sites is 1. The molecule has 0 aliphatic carbocycles. The van der Waals surface area contributed by atoms with Crippen molar-refractivity contribution in [2.45, 2.75) is 37.5 Å². The van der Waals surface area contributed by atoms with Crippen LogP contribution in [-0.2, 0) is 4.79 Å². The SMILES string of the molecule is COc1ccc(C2CCN(C(=O)CC3CCNc4ccccc43)CC2)cc1OC. The van der Waals surface area contributed by atoms with E-state index >= 15 is 0 Å². The molecular formula is C24H30N2O3. The molecular weight excluding hydrogens is 364 g/mol. The molecule has 2 aromatic carbocycles. The van der Waals surface area contributed by atoms with E-state index in [9.17, 15) is 4.79 Å². The molecule has 0 aromatic heterocycles. The van der Waals surface area contributed by atoms with Crippen LogP contribution in [0.25, 0.3) is 0 Å². The van der Waals surface area contributed by atoms with E-state index in [1.54, 1.807) is 14.2 Å². The lowest BCUT2D eigenvalue weighted by Crippen LogP contribution is -2.38. The van der Waals surface area contributed by atoms with E-state index < -0.39 is 0 Å². The smallest absolute Gasteiger partial charge is 0.223 e. The van der Waals surface area contributed by atoms with Gasteiger partial charge in [0.25, 0.3) is 0 Å². The zero-order valence-corrected chi connectivity index (χ0v) is 17.3. The van der Waals surface area contributed by atoms with Crippen molar-refractivity contribution in [3.63, 3.8) is 0 Å². The Morgan fingerprint density at radius 2 is 1.79 bits per heavy atom. The van der Waals surface area contributed by atoms with Gasteiger partial charge in [-0.1, -0.05) is 24.3 Å². The lowest BCUT2D eigenvalue weighted by Gasteiger charge is -2.34. The summed E-state index contributed by atoms with van der Waals surface area (Å²) in [4.78, 5) is 15.0. The lowest BCUT2D eigenvalue weighted by atomic mass is 9.86. The van der Waals surface area contributed by atoms with E-state index in [4.69, 9.17) is 9.47 Å². The number of fused-ring (bicyclic) bond motifs is 1. The number of rotatable bonds is 5. The summed E-state index contributed by atoms with van der Waals surface area (Å²) in [5.74, 6) is 2.60. The predicted molar refractivity (Wildman–Crippen MR) is 115 cm³/mol. The Labute approximate surface area is 173 Å². The summed E-state index contributed by atoms with van der Waals surface area (Å²) in [5.41, 5.74) is 3.73. The first-order valence-electron chi connectivity index (χ1n) is 10.5. The minimum Gasteiger partial charge on any atom is -0.493 e. The minimum atomic E-state index is 0.289. The van der Waals surface area contributed by atoms with E-state index in [1.807, 2.05) is 6.07 Å². The third-order valence-electron chi connectivity index (χ3n) is 6.36. The van der Waals surface area contributed by atoms with Gasteiger partial charge in [-0.05, 0) is 60.4 Å². The second kappa shape index (κ2) is 8.76. The van der Waals surface area contributed by atoms with Crippen LogP contribution in [0.4, 0.5) is 5.69 Å². The highest BCUT2D eigenvalue weighted by Crippen LogP contribution is 2.37. The van der Waals surface area contributed by atoms with Crippen LogP contribution in [0.15, 0.2) is 42.5 Å². The van der Waals surface area contributed by atoms with Crippen LogP contribution in [0.3, 0.4) is 0 Å². The molecule has 0 saturated carbocycles. The Kier molecular flexibility index (Phi) is 5.93. The molecule has 29 heavy (non-hydrogen) atoms. The fraction of sp³-hybridized carbons (Fsp3) is 0.458. The van der Waals surface area contributed by atoms with Gasteiger partial charge in [-0.15, -0.1) is 0 Å². The molecule has 0 bridgehead atoms. The highest BCUT2D eigenvalue weighted by Gasteiger charge is 2.28. The summed E-state index contributed by atoms with van der Waals surface area (Å²) < 4.78 is 10.8. The van der Waals surface area contributed by atoms with Gasteiger partial charge in [0.05, 0.1) is 14.2 Å². The molecule has 1 unspecified atom stereocenters. The average molecular weight is 395 g/mol. The number of ether oxygens (including phenoxy) is 2.